The maximum Gasteiger partial charge on any atom is 0.255 e. The van der Waals surface area contributed by atoms with Gasteiger partial charge in [-0.15, -0.1) is 0 Å². The number of rotatable bonds is 5. The van der Waals surface area contributed by atoms with Gasteiger partial charge in [0, 0.05) is 33.1 Å². The molecule has 160 valence electrons. The highest BCUT2D eigenvalue weighted by Gasteiger charge is 2.31. The molecule has 4 nitrogen and oxygen atoms in total. The number of anilines is 1. The first-order valence-electron chi connectivity index (χ1n) is 10.6. The summed E-state index contributed by atoms with van der Waals surface area (Å²) in [6.45, 7) is 0. The van der Waals surface area contributed by atoms with Crippen LogP contribution in [0.4, 0.5) is 5.69 Å². The first-order chi connectivity index (χ1) is 16.2. The van der Waals surface area contributed by atoms with Gasteiger partial charge in [-0.1, -0.05) is 91.0 Å². The first kappa shape index (κ1) is 20.9. The van der Waals surface area contributed by atoms with E-state index < -0.39 is 7.14 Å². The normalized spacial score (nSPS) is 11.3. The van der Waals surface area contributed by atoms with Crippen LogP contribution in [0.25, 0.3) is 10.9 Å². The van der Waals surface area contributed by atoms with Crippen LogP contribution < -0.4 is 21.2 Å². The van der Waals surface area contributed by atoms with Gasteiger partial charge in [0.15, 0.2) is 7.14 Å². The Labute approximate surface area is 192 Å². The van der Waals surface area contributed by atoms with E-state index in [0.717, 1.165) is 16.0 Å². The topological polar surface area (TPSA) is 59.1 Å². The molecule has 1 heterocycles. The average molecular weight is 448 g/mol. The Kier molecular flexibility index (Phi) is 5.60. The second-order valence-electron chi connectivity index (χ2n) is 7.63. The Hall–Kier alpha value is -4.01. The lowest BCUT2D eigenvalue weighted by atomic mass is 10.1. The highest BCUT2D eigenvalue weighted by Crippen LogP contribution is 2.44. The minimum absolute atomic E-state index is 0.218. The number of nitrogens with zero attached hydrogens (tertiary/aromatic N) is 1. The van der Waals surface area contributed by atoms with Crippen LogP contribution in [0, 0.1) is 0 Å². The van der Waals surface area contributed by atoms with Crippen molar-refractivity contribution >= 4 is 45.6 Å². The third-order valence-electron chi connectivity index (χ3n) is 5.61. The molecule has 4 aromatic carbocycles. The van der Waals surface area contributed by atoms with E-state index in [0.29, 0.717) is 22.1 Å². The number of carbonyl (C=O) groups is 1. The molecule has 1 N–H and O–H groups in total. The van der Waals surface area contributed by atoms with Crippen molar-refractivity contribution in [3.63, 3.8) is 0 Å². The monoisotopic (exact) mass is 448 g/mol. The maximum atomic E-state index is 14.9. The Morgan fingerprint density at radius 3 is 1.85 bits per heavy atom. The largest absolute Gasteiger partial charge is 0.320 e. The fraction of sp³-hybridized carbons (Fsp3) is 0. The summed E-state index contributed by atoms with van der Waals surface area (Å²) < 4.78 is 14.9. The van der Waals surface area contributed by atoms with Gasteiger partial charge in [0.2, 0.25) is 0 Å². The van der Waals surface area contributed by atoms with Crippen molar-refractivity contribution in [3.05, 3.63) is 127 Å². The zero-order valence-electron chi connectivity index (χ0n) is 17.8. The molecule has 0 spiro atoms. The average Bonchev–Trinajstić information content (AvgIpc) is 2.89. The number of aromatic nitrogens is 1. The number of pyridine rings is 1. The van der Waals surface area contributed by atoms with E-state index in [1.54, 1.807) is 18.3 Å². The molecule has 0 unspecified atom stereocenters. The molecule has 0 atom stereocenters. The van der Waals surface area contributed by atoms with Gasteiger partial charge in [-0.3, -0.25) is 9.78 Å². The summed E-state index contributed by atoms with van der Waals surface area (Å²) >= 11 is 0. The van der Waals surface area contributed by atoms with E-state index >= 15 is 0 Å². The van der Waals surface area contributed by atoms with Gasteiger partial charge < -0.3 is 9.88 Å². The van der Waals surface area contributed by atoms with Crippen LogP contribution in [0.3, 0.4) is 0 Å². The van der Waals surface area contributed by atoms with Gasteiger partial charge in [0.05, 0.1) is 11.2 Å². The van der Waals surface area contributed by atoms with Crippen LogP contribution >= 0.6 is 7.14 Å². The molecule has 5 rings (SSSR count). The highest BCUT2D eigenvalue weighted by atomic mass is 31.2. The Bertz CT molecular complexity index is 1430. The van der Waals surface area contributed by atoms with Crippen molar-refractivity contribution in [2.45, 2.75) is 0 Å². The summed E-state index contributed by atoms with van der Waals surface area (Å²) in [4.78, 5) is 17.3. The molecule has 0 saturated heterocycles. The van der Waals surface area contributed by atoms with Gasteiger partial charge >= 0.3 is 0 Å². The number of hydrogen-bond donors (Lipinski definition) is 1. The molecule has 0 aliphatic rings. The lowest BCUT2D eigenvalue weighted by Gasteiger charge is -2.22. The van der Waals surface area contributed by atoms with Crippen molar-refractivity contribution < 1.29 is 9.36 Å². The molecular weight excluding hydrogens is 427 g/mol. The molecule has 5 heteroatoms. The molecular formula is C28H21N2O2P. The minimum atomic E-state index is -3.19. The molecule has 0 aliphatic carbocycles. The van der Waals surface area contributed by atoms with E-state index in [2.05, 4.69) is 10.3 Å². The van der Waals surface area contributed by atoms with Crippen LogP contribution in [0.5, 0.6) is 0 Å². The highest BCUT2D eigenvalue weighted by molar-refractivity contribution is 7.85. The quantitative estimate of drug-likeness (QED) is 0.380. The van der Waals surface area contributed by atoms with Gasteiger partial charge in [0.1, 0.15) is 0 Å². The maximum absolute atomic E-state index is 14.9. The second kappa shape index (κ2) is 8.85. The number of nitrogens with one attached hydrogen (secondary N) is 1. The number of para-hydroxylation sites is 1. The Balaban J connectivity index is 1.69. The summed E-state index contributed by atoms with van der Waals surface area (Å²) in [5.74, 6) is -0.218. The summed E-state index contributed by atoms with van der Waals surface area (Å²) in [7, 11) is -3.19. The zero-order valence-corrected chi connectivity index (χ0v) is 18.7. The smallest absolute Gasteiger partial charge is 0.255 e. The van der Waals surface area contributed by atoms with Crippen LogP contribution in [-0.2, 0) is 4.57 Å². The summed E-state index contributed by atoms with van der Waals surface area (Å²) in [5, 5.41) is 5.92. The molecule has 0 radical (unpaired) electrons. The standard InChI is InChI=1S/C28H21N2O2P/c31-28(21-11-4-1-5-12-21)30-25-18-10-17-24-26(19-20-29-27(24)25)33(32,22-13-6-2-7-14-22)23-15-8-3-9-16-23/h1-20H,(H,30,31). The summed E-state index contributed by atoms with van der Waals surface area (Å²) in [6, 6.07) is 35.5. The van der Waals surface area contributed by atoms with Crippen LogP contribution in [0.2, 0.25) is 0 Å². The van der Waals surface area contributed by atoms with E-state index in [1.807, 2.05) is 103 Å². The fourth-order valence-electron chi connectivity index (χ4n) is 4.02. The molecule has 0 aliphatic heterocycles. The minimum Gasteiger partial charge on any atom is -0.320 e. The van der Waals surface area contributed by atoms with Crippen LogP contribution in [-0.4, -0.2) is 10.9 Å². The van der Waals surface area contributed by atoms with Crippen molar-refractivity contribution in [1.29, 1.82) is 0 Å². The predicted molar refractivity (Wildman–Crippen MR) is 136 cm³/mol. The molecule has 1 aromatic heterocycles. The van der Waals surface area contributed by atoms with Crippen molar-refractivity contribution in [2.75, 3.05) is 5.32 Å². The molecule has 0 saturated carbocycles. The van der Waals surface area contributed by atoms with E-state index in [1.165, 1.54) is 0 Å². The number of hydrogen-bond acceptors (Lipinski definition) is 3. The molecule has 33 heavy (non-hydrogen) atoms. The first-order valence-corrected chi connectivity index (χ1v) is 12.3. The third-order valence-corrected chi connectivity index (χ3v) is 8.73. The van der Waals surface area contributed by atoms with Gasteiger partial charge in [-0.05, 0) is 24.3 Å². The van der Waals surface area contributed by atoms with Crippen LogP contribution in [0.1, 0.15) is 10.4 Å². The number of amides is 1. The summed E-state index contributed by atoms with van der Waals surface area (Å²) in [5.41, 5.74) is 1.74. The van der Waals surface area contributed by atoms with Gasteiger partial charge in [-0.2, -0.15) is 0 Å². The third kappa shape index (κ3) is 3.86. The second-order valence-corrected chi connectivity index (χ2v) is 10.4. The molecule has 1 amide bonds. The number of carbonyl (C=O) groups excluding carboxylic acids is 1. The summed E-state index contributed by atoms with van der Waals surface area (Å²) in [6.07, 6.45) is 1.66. The number of fused-ring (bicyclic) bond motifs is 1. The number of benzene rings is 4. The zero-order chi connectivity index (χ0) is 22.7. The van der Waals surface area contributed by atoms with Gasteiger partial charge in [0.25, 0.3) is 5.91 Å². The van der Waals surface area contributed by atoms with Crippen molar-refractivity contribution in [2.24, 2.45) is 0 Å². The van der Waals surface area contributed by atoms with Crippen LogP contribution in [0.15, 0.2) is 121 Å². The lowest BCUT2D eigenvalue weighted by Crippen LogP contribution is -2.26. The van der Waals surface area contributed by atoms with E-state index in [-0.39, 0.29) is 5.91 Å². The molecule has 0 bridgehead atoms. The van der Waals surface area contributed by atoms with Crippen molar-refractivity contribution in [1.82, 2.24) is 4.98 Å². The Morgan fingerprint density at radius 2 is 1.24 bits per heavy atom. The van der Waals surface area contributed by atoms with Crippen molar-refractivity contribution in [3.8, 4) is 0 Å². The van der Waals surface area contributed by atoms with Gasteiger partial charge in [-0.25, -0.2) is 0 Å². The Morgan fingerprint density at radius 1 is 0.667 bits per heavy atom. The fourth-order valence-corrected chi connectivity index (χ4v) is 6.86. The predicted octanol–water partition coefficient (Wildman–Crippen LogP) is 5.13. The lowest BCUT2D eigenvalue weighted by molar-refractivity contribution is 0.102. The van der Waals surface area contributed by atoms with E-state index in [9.17, 15) is 9.36 Å². The molecule has 5 aromatic rings. The SMILES string of the molecule is O=C(Nc1cccc2c(P(=O)(c3ccccc3)c3ccccc3)ccnc12)c1ccccc1. The van der Waals surface area contributed by atoms with E-state index in [4.69, 9.17) is 0 Å². The molecule has 0 fully saturated rings.